The highest BCUT2D eigenvalue weighted by molar-refractivity contribution is 14.1. The van der Waals surface area contributed by atoms with Gasteiger partial charge in [0.2, 0.25) is 6.29 Å². The Morgan fingerprint density at radius 1 is 1.42 bits per heavy atom. The molecule has 2 nitrogen and oxygen atoms in total. The van der Waals surface area contributed by atoms with Crippen LogP contribution in [0.4, 0.5) is 0 Å². The predicted molar refractivity (Wildman–Crippen MR) is 55.4 cm³/mol. The normalized spacial score (nSPS) is 9.42. The van der Waals surface area contributed by atoms with E-state index < -0.39 is 0 Å². The average molecular weight is 275 g/mol. The van der Waals surface area contributed by atoms with E-state index in [1.807, 2.05) is 30.6 Å². The van der Waals surface area contributed by atoms with Crippen LogP contribution in [-0.2, 0) is 11.2 Å². The van der Waals surface area contributed by atoms with Crippen LogP contribution in [-0.4, -0.2) is 10.9 Å². The molecule has 0 spiro atoms. The Balaban J connectivity index is 2.83. The molecule has 1 aromatic rings. The monoisotopic (exact) mass is 275 g/mol. The van der Waals surface area contributed by atoms with E-state index in [-0.39, 0.29) is 0 Å². The van der Waals surface area contributed by atoms with Crippen molar-refractivity contribution in [3.8, 4) is 5.75 Å². The Labute approximate surface area is 85.1 Å². The largest absolute Gasteiger partial charge is 0.483 e. The van der Waals surface area contributed by atoms with Crippen molar-refractivity contribution in [2.24, 2.45) is 0 Å². The lowest BCUT2D eigenvalue weighted by Crippen LogP contribution is -1.94. The summed E-state index contributed by atoms with van der Waals surface area (Å²) in [6.07, 6.45) is 2.15. The second kappa shape index (κ2) is 5.13. The zero-order valence-electron chi connectivity index (χ0n) is 6.42. The van der Waals surface area contributed by atoms with E-state index in [0.29, 0.717) is 11.0 Å². The van der Waals surface area contributed by atoms with Crippen molar-refractivity contribution < 1.29 is 9.53 Å². The van der Waals surface area contributed by atoms with Crippen molar-refractivity contribution in [3.63, 3.8) is 0 Å². The van der Waals surface area contributed by atoms with Gasteiger partial charge in [-0.15, -0.1) is 0 Å². The van der Waals surface area contributed by atoms with E-state index in [1.165, 1.54) is 0 Å². The molecule has 0 amide bonds. The van der Waals surface area contributed by atoms with Crippen LogP contribution in [0.5, 0.6) is 5.75 Å². The summed E-state index contributed by atoms with van der Waals surface area (Å²) in [5.41, 5.74) is 0.893. The molecule has 0 aliphatic heterocycles. The molecule has 0 saturated carbocycles. The fourth-order valence-corrected chi connectivity index (χ4v) is 1.26. The van der Waals surface area contributed by atoms with E-state index in [9.17, 15) is 4.79 Å². The number of alkyl halides is 1. The van der Waals surface area contributed by atoms with Gasteiger partial charge in [0, 0.05) is 12.0 Å². The quantitative estimate of drug-likeness (QED) is 0.621. The van der Waals surface area contributed by atoms with Crippen molar-refractivity contribution in [2.75, 3.05) is 4.61 Å². The molecule has 1 rings (SSSR count). The Morgan fingerprint density at radius 3 is 2.83 bits per heavy atom. The van der Waals surface area contributed by atoms with E-state index in [0.717, 1.165) is 11.3 Å². The fourth-order valence-electron chi connectivity index (χ4n) is 0.927. The second-order valence-electron chi connectivity index (χ2n) is 2.18. The predicted octanol–water partition coefficient (Wildman–Crippen LogP) is 2.11. The highest BCUT2D eigenvalue weighted by Gasteiger charge is 2.00. The lowest BCUT2D eigenvalue weighted by Gasteiger charge is -2.05. The SMILES string of the molecule is O=[C]Cc1ccccc1OCI. The number of ether oxygens (including phenoxy) is 1. The molecule has 63 valence electrons. The van der Waals surface area contributed by atoms with Crippen LogP contribution in [0, 0.1) is 0 Å². The first-order chi connectivity index (χ1) is 5.88. The third-order valence-corrected chi connectivity index (χ3v) is 1.76. The van der Waals surface area contributed by atoms with Gasteiger partial charge in [-0.25, -0.2) is 0 Å². The Bertz CT molecular complexity index is 260. The summed E-state index contributed by atoms with van der Waals surface area (Å²) in [5, 5.41) is 0. The number of benzene rings is 1. The molecule has 0 atom stereocenters. The summed E-state index contributed by atoms with van der Waals surface area (Å²) in [6.45, 7) is 0. The number of carbonyl (C=O) groups excluding carboxylic acids is 1. The Hall–Kier alpha value is -0.580. The molecule has 0 N–H and O–H groups in total. The van der Waals surface area contributed by atoms with E-state index in [4.69, 9.17) is 4.74 Å². The van der Waals surface area contributed by atoms with E-state index in [1.54, 1.807) is 0 Å². The lowest BCUT2D eigenvalue weighted by molar-refractivity contribution is 0.400. The van der Waals surface area contributed by atoms with Crippen LogP contribution in [0.25, 0.3) is 0 Å². The van der Waals surface area contributed by atoms with E-state index in [2.05, 4.69) is 22.6 Å². The van der Waals surface area contributed by atoms with Crippen molar-refractivity contribution >= 4 is 28.9 Å². The van der Waals surface area contributed by atoms with Gasteiger partial charge >= 0.3 is 0 Å². The first-order valence-electron chi connectivity index (χ1n) is 3.50. The van der Waals surface area contributed by atoms with Crippen LogP contribution in [0.3, 0.4) is 0 Å². The van der Waals surface area contributed by atoms with Crippen molar-refractivity contribution in [1.29, 1.82) is 0 Å². The summed E-state index contributed by atoms with van der Waals surface area (Å²) in [5.74, 6) is 0.773. The maximum atomic E-state index is 10.1. The minimum absolute atomic E-state index is 0.298. The highest BCUT2D eigenvalue weighted by Crippen LogP contribution is 2.18. The summed E-state index contributed by atoms with van der Waals surface area (Å²) < 4.78 is 5.89. The molecule has 0 unspecified atom stereocenters. The zero-order chi connectivity index (χ0) is 8.81. The fraction of sp³-hybridized carbons (Fsp3) is 0.222. The molecule has 0 saturated heterocycles. The molecule has 0 bridgehead atoms. The average Bonchev–Trinajstić information content (AvgIpc) is 2.09. The third-order valence-electron chi connectivity index (χ3n) is 1.45. The first kappa shape index (κ1) is 9.51. The smallest absolute Gasteiger partial charge is 0.203 e. The van der Waals surface area contributed by atoms with Crippen LogP contribution in [0.15, 0.2) is 24.3 Å². The van der Waals surface area contributed by atoms with Gasteiger partial charge in [-0.3, -0.25) is 4.79 Å². The minimum atomic E-state index is 0.298. The maximum absolute atomic E-state index is 10.1. The molecule has 1 aromatic carbocycles. The molecule has 3 heteroatoms. The summed E-state index contributed by atoms with van der Waals surface area (Å²) in [6, 6.07) is 7.49. The number of rotatable bonds is 4. The molecule has 0 heterocycles. The molecular weight excluding hydrogens is 267 g/mol. The van der Waals surface area contributed by atoms with E-state index >= 15 is 0 Å². The van der Waals surface area contributed by atoms with Gasteiger partial charge in [0.1, 0.15) is 10.4 Å². The lowest BCUT2D eigenvalue weighted by atomic mass is 10.1. The first-order valence-corrected chi connectivity index (χ1v) is 5.02. The molecule has 0 aliphatic rings. The molecule has 0 fully saturated rings. The summed E-state index contributed by atoms with van der Waals surface area (Å²) in [4.78, 5) is 10.1. The van der Waals surface area contributed by atoms with Gasteiger partial charge in [-0.05, 0) is 28.7 Å². The van der Waals surface area contributed by atoms with Gasteiger partial charge in [0.25, 0.3) is 0 Å². The molecule has 0 aromatic heterocycles. The number of hydrogen-bond donors (Lipinski definition) is 0. The van der Waals surface area contributed by atoms with Gasteiger partial charge in [-0.1, -0.05) is 18.2 Å². The van der Waals surface area contributed by atoms with Crippen LogP contribution >= 0.6 is 22.6 Å². The minimum Gasteiger partial charge on any atom is -0.483 e. The summed E-state index contributed by atoms with van der Waals surface area (Å²) >= 11 is 2.12. The van der Waals surface area contributed by atoms with Gasteiger partial charge in [-0.2, -0.15) is 0 Å². The topological polar surface area (TPSA) is 26.3 Å². The molecule has 0 aliphatic carbocycles. The van der Waals surface area contributed by atoms with Crippen molar-refractivity contribution in [3.05, 3.63) is 29.8 Å². The standard InChI is InChI=1S/C9H8IO2/c10-7-12-9-4-2-1-3-8(9)5-6-11/h1-4H,5,7H2. The van der Waals surface area contributed by atoms with Crippen LogP contribution in [0.2, 0.25) is 0 Å². The highest BCUT2D eigenvalue weighted by atomic mass is 127. The van der Waals surface area contributed by atoms with Crippen molar-refractivity contribution in [2.45, 2.75) is 6.42 Å². The number of hydrogen-bond acceptors (Lipinski definition) is 2. The zero-order valence-corrected chi connectivity index (χ0v) is 8.58. The van der Waals surface area contributed by atoms with Crippen LogP contribution < -0.4 is 4.74 Å². The molecule has 1 radical (unpaired) electrons. The van der Waals surface area contributed by atoms with Gasteiger partial charge in [0.15, 0.2) is 0 Å². The third kappa shape index (κ3) is 2.48. The summed E-state index contributed by atoms with van der Waals surface area (Å²) in [7, 11) is 0. The molecular formula is C9H8IO2. The Morgan fingerprint density at radius 2 is 2.17 bits per heavy atom. The van der Waals surface area contributed by atoms with Gasteiger partial charge < -0.3 is 4.74 Å². The number of para-hydroxylation sites is 1. The molecule has 12 heavy (non-hydrogen) atoms. The Kier molecular flexibility index (Phi) is 4.07. The number of halogens is 1. The van der Waals surface area contributed by atoms with Crippen LogP contribution in [0.1, 0.15) is 5.56 Å². The second-order valence-corrected chi connectivity index (χ2v) is 2.81. The van der Waals surface area contributed by atoms with Gasteiger partial charge in [0.05, 0.1) is 0 Å². The maximum Gasteiger partial charge on any atom is 0.203 e. The van der Waals surface area contributed by atoms with Crippen molar-refractivity contribution in [1.82, 2.24) is 0 Å².